The number of nitrogens with zero attached hydrogens (tertiary/aromatic N) is 1. The average molecular weight is 319 g/mol. The molecule has 0 unspecified atom stereocenters. The Kier molecular flexibility index (Phi) is 4.33. The van der Waals surface area contributed by atoms with Crippen molar-refractivity contribution in [2.45, 2.75) is 13.0 Å². The van der Waals surface area contributed by atoms with E-state index in [4.69, 9.17) is 14.2 Å². The minimum atomic E-state index is -0.843. The summed E-state index contributed by atoms with van der Waals surface area (Å²) in [5, 5.41) is 19.0. The Morgan fingerprint density at radius 3 is 3.04 bits per heavy atom. The number of hydrogen-bond donors (Lipinski definition) is 3. The maximum absolute atomic E-state index is 11.8. The normalized spacial score (nSPS) is 13.7. The lowest BCUT2D eigenvalue weighted by Crippen LogP contribution is -2.35. The predicted octanol–water partition coefficient (Wildman–Crippen LogP) is 0.617. The first kappa shape index (κ1) is 15.2. The molecule has 0 saturated heterocycles. The Morgan fingerprint density at radius 2 is 2.26 bits per heavy atom. The summed E-state index contributed by atoms with van der Waals surface area (Å²) in [6, 6.07) is 6.79. The van der Waals surface area contributed by atoms with Gasteiger partial charge in [-0.3, -0.25) is 9.89 Å². The van der Waals surface area contributed by atoms with E-state index < -0.39 is 6.10 Å². The number of aryl methyl sites for hydroxylation is 1. The number of ether oxygens (including phenoxy) is 3. The van der Waals surface area contributed by atoms with Crippen LogP contribution in [0.1, 0.15) is 16.2 Å². The summed E-state index contributed by atoms with van der Waals surface area (Å²) in [5.41, 5.74) is 1.08. The van der Waals surface area contributed by atoms with Crippen LogP contribution in [0.5, 0.6) is 17.2 Å². The highest BCUT2D eigenvalue weighted by Crippen LogP contribution is 2.35. The zero-order valence-electron chi connectivity index (χ0n) is 12.5. The third-order valence-corrected chi connectivity index (χ3v) is 3.22. The molecule has 2 heterocycles. The Balaban J connectivity index is 1.44. The maximum atomic E-state index is 11.8. The van der Waals surface area contributed by atoms with E-state index in [1.165, 1.54) is 0 Å². The number of aliphatic hydroxyl groups is 1. The van der Waals surface area contributed by atoms with E-state index in [9.17, 15) is 9.90 Å². The summed E-state index contributed by atoms with van der Waals surface area (Å²) >= 11 is 0. The van der Waals surface area contributed by atoms with Crippen LogP contribution in [-0.4, -0.2) is 47.3 Å². The summed E-state index contributed by atoms with van der Waals surface area (Å²) in [6.07, 6.45) is -0.843. The Morgan fingerprint density at radius 1 is 1.43 bits per heavy atom. The summed E-state index contributed by atoms with van der Waals surface area (Å²) in [6.45, 7) is 2.10. The van der Waals surface area contributed by atoms with Gasteiger partial charge in [-0.15, -0.1) is 0 Å². The van der Waals surface area contributed by atoms with Crippen molar-refractivity contribution in [1.29, 1.82) is 0 Å². The number of nitrogens with one attached hydrogen (secondary N) is 2. The van der Waals surface area contributed by atoms with E-state index in [2.05, 4.69) is 15.5 Å². The highest BCUT2D eigenvalue weighted by atomic mass is 16.7. The first-order valence-corrected chi connectivity index (χ1v) is 7.12. The van der Waals surface area contributed by atoms with Gasteiger partial charge in [-0.25, -0.2) is 0 Å². The molecule has 0 aliphatic carbocycles. The van der Waals surface area contributed by atoms with E-state index in [1.54, 1.807) is 31.2 Å². The molecule has 1 aromatic heterocycles. The standard InChI is InChI=1S/C15H17N3O5/c1-9-4-12(18-17-9)15(20)16-6-10(19)7-21-11-2-3-13-14(5-11)23-8-22-13/h2-5,10,19H,6-8H2,1H3,(H,16,20)(H,17,18)/t10-/m1/s1. The van der Waals surface area contributed by atoms with Crippen molar-refractivity contribution in [3.63, 3.8) is 0 Å². The molecule has 2 aromatic rings. The number of aromatic amines is 1. The topological polar surface area (TPSA) is 106 Å². The molecule has 1 amide bonds. The molecule has 122 valence electrons. The molecule has 1 atom stereocenters. The molecule has 0 spiro atoms. The van der Waals surface area contributed by atoms with Crippen molar-refractivity contribution in [3.05, 3.63) is 35.7 Å². The number of aromatic nitrogens is 2. The molecule has 3 N–H and O–H groups in total. The van der Waals surface area contributed by atoms with Crippen molar-refractivity contribution >= 4 is 5.91 Å². The molecular weight excluding hydrogens is 302 g/mol. The highest BCUT2D eigenvalue weighted by Gasteiger charge is 2.15. The van der Waals surface area contributed by atoms with Gasteiger partial charge in [0.25, 0.3) is 5.91 Å². The summed E-state index contributed by atoms with van der Waals surface area (Å²) in [4.78, 5) is 11.8. The Hall–Kier alpha value is -2.74. The quantitative estimate of drug-likeness (QED) is 0.720. The van der Waals surface area contributed by atoms with Crippen LogP contribution >= 0.6 is 0 Å². The van der Waals surface area contributed by atoms with Crippen LogP contribution < -0.4 is 19.5 Å². The molecule has 23 heavy (non-hydrogen) atoms. The molecular formula is C15H17N3O5. The third-order valence-electron chi connectivity index (χ3n) is 3.22. The number of carbonyl (C=O) groups is 1. The van der Waals surface area contributed by atoms with Gasteiger partial charge in [-0.2, -0.15) is 5.10 Å². The molecule has 0 bridgehead atoms. The monoisotopic (exact) mass is 319 g/mol. The second-order valence-electron chi connectivity index (χ2n) is 5.13. The van der Waals surface area contributed by atoms with Crippen molar-refractivity contribution in [1.82, 2.24) is 15.5 Å². The molecule has 0 saturated carbocycles. The first-order valence-electron chi connectivity index (χ1n) is 7.12. The van der Waals surface area contributed by atoms with Crippen LogP contribution in [0.15, 0.2) is 24.3 Å². The highest BCUT2D eigenvalue weighted by molar-refractivity contribution is 5.92. The fourth-order valence-electron chi connectivity index (χ4n) is 2.05. The average Bonchev–Trinajstić information content (AvgIpc) is 3.18. The van der Waals surface area contributed by atoms with Gasteiger partial charge in [0, 0.05) is 18.3 Å². The number of aliphatic hydroxyl groups excluding tert-OH is 1. The molecule has 8 heteroatoms. The largest absolute Gasteiger partial charge is 0.491 e. The Labute approximate surface area is 132 Å². The molecule has 0 fully saturated rings. The fourth-order valence-corrected chi connectivity index (χ4v) is 2.05. The fraction of sp³-hybridized carbons (Fsp3) is 0.333. The van der Waals surface area contributed by atoms with Crippen LogP contribution in [0, 0.1) is 6.92 Å². The van der Waals surface area contributed by atoms with E-state index >= 15 is 0 Å². The van der Waals surface area contributed by atoms with E-state index in [1.807, 2.05) is 0 Å². The molecule has 8 nitrogen and oxygen atoms in total. The first-order chi connectivity index (χ1) is 11.1. The van der Waals surface area contributed by atoms with Crippen molar-refractivity contribution < 1.29 is 24.1 Å². The van der Waals surface area contributed by atoms with E-state index in [0.717, 1.165) is 5.69 Å². The van der Waals surface area contributed by atoms with Crippen molar-refractivity contribution in [2.75, 3.05) is 19.9 Å². The SMILES string of the molecule is Cc1cc(C(=O)NC[C@@H](O)COc2ccc3c(c2)OCO3)n[nH]1. The second-order valence-corrected chi connectivity index (χ2v) is 5.13. The van der Waals surface area contributed by atoms with E-state index in [0.29, 0.717) is 17.2 Å². The molecule has 3 rings (SSSR count). The van der Waals surface area contributed by atoms with Gasteiger partial charge in [0.2, 0.25) is 6.79 Å². The second kappa shape index (κ2) is 6.57. The number of benzene rings is 1. The lowest BCUT2D eigenvalue weighted by Gasteiger charge is -2.13. The van der Waals surface area contributed by atoms with Crippen molar-refractivity contribution in [2.24, 2.45) is 0 Å². The lowest BCUT2D eigenvalue weighted by atomic mass is 10.3. The third kappa shape index (κ3) is 3.72. The minimum Gasteiger partial charge on any atom is -0.491 e. The van der Waals surface area contributed by atoms with Gasteiger partial charge in [-0.05, 0) is 25.1 Å². The molecule has 0 radical (unpaired) electrons. The molecule has 1 aliphatic rings. The number of carbonyl (C=O) groups excluding carboxylic acids is 1. The van der Waals surface area contributed by atoms with Gasteiger partial charge in [-0.1, -0.05) is 0 Å². The van der Waals surface area contributed by atoms with Gasteiger partial charge in [0.05, 0.1) is 0 Å². The van der Waals surface area contributed by atoms with Crippen molar-refractivity contribution in [3.8, 4) is 17.2 Å². The lowest BCUT2D eigenvalue weighted by molar-refractivity contribution is 0.0839. The number of fused-ring (bicyclic) bond motifs is 1. The number of amides is 1. The van der Waals surface area contributed by atoms with Crippen LogP contribution in [0.4, 0.5) is 0 Å². The van der Waals surface area contributed by atoms with Gasteiger partial charge in [0.15, 0.2) is 11.5 Å². The van der Waals surface area contributed by atoms with Crippen LogP contribution in [0.3, 0.4) is 0 Å². The van der Waals surface area contributed by atoms with E-state index in [-0.39, 0.29) is 31.5 Å². The van der Waals surface area contributed by atoms with Crippen LogP contribution in [0.2, 0.25) is 0 Å². The maximum Gasteiger partial charge on any atom is 0.271 e. The zero-order valence-corrected chi connectivity index (χ0v) is 12.5. The summed E-state index contributed by atoms with van der Waals surface area (Å²) < 4.78 is 15.9. The zero-order chi connectivity index (χ0) is 16.2. The predicted molar refractivity (Wildman–Crippen MR) is 79.7 cm³/mol. The van der Waals surface area contributed by atoms with Gasteiger partial charge in [0.1, 0.15) is 24.2 Å². The summed E-state index contributed by atoms with van der Waals surface area (Å²) in [5.74, 6) is 1.48. The number of hydrogen-bond acceptors (Lipinski definition) is 6. The minimum absolute atomic E-state index is 0.0412. The van der Waals surface area contributed by atoms with Crippen LogP contribution in [-0.2, 0) is 0 Å². The van der Waals surface area contributed by atoms with Gasteiger partial charge >= 0.3 is 0 Å². The molecule has 1 aromatic carbocycles. The Bertz CT molecular complexity index is 700. The summed E-state index contributed by atoms with van der Waals surface area (Å²) in [7, 11) is 0. The number of rotatable bonds is 6. The number of H-pyrrole nitrogens is 1. The van der Waals surface area contributed by atoms with Crippen LogP contribution in [0.25, 0.3) is 0 Å². The smallest absolute Gasteiger partial charge is 0.271 e. The molecule has 1 aliphatic heterocycles. The van der Waals surface area contributed by atoms with Gasteiger partial charge < -0.3 is 24.6 Å².